The number of rotatable bonds is 8. The number of pyridine rings is 1. The van der Waals surface area contributed by atoms with Gasteiger partial charge in [0.05, 0.1) is 6.04 Å². The van der Waals surface area contributed by atoms with E-state index in [0.29, 0.717) is 16.3 Å². The van der Waals surface area contributed by atoms with Gasteiger partial charge < -0.3 is 5.32 Å². The Kier molecular flexibility index (Phi) is 8.67. The van der Waals surface area contributed by atoms with Gasteiger partial charge in [-0.1, -0.05) is 19.4 Å². The van der Waals surface area contributed by atoms with Gasteiger partial charge in [-0.25, -0.2) is 18.0 Å². The lowest BCUT2D eigenvalue weighted by atomic mass is 10.1. The molecule has 12 heteroatoms. The molecule has 6 nitrogen and oxygen atoms in total. The van der Waals surface area contributed by atoms with Gasteiger partial charge in [-0.3, -0.25) is 13.7 Å². The van der Waals surface area contributed by atoms with E-state index >= 15 is 0 Å². The number of hydrogen-bond acceptors (Lipinski definition) is 3. The zero-order chi connectivity index (χ0) is 24.9. The maximum atomic E-state index is 14.3. The van der Waals surface area contributed by atoms with Crippen LogP contribution in [0, 0.1) is 11.6 Å². The molecule has 1 heterocycles. The van der Waals surface area contributed by atoms with Crippen molar-refractivity contribution >= 4 is 28.9 Å². The SMILES string of the molecule is CCCc1nc(C(F)(F)F)ccc1C=CC(=O)NC(C)c1cc(F)c(N(C)S(=O)O)c(F)c1. The third-order valence-corrected chi connectivity index (χ3v) is 5.30. The number of amides is 1. The first-order valence-electron chi connectivity index (χ1n) is 9.74. The van der Waals surface area contributed by atoms with Crippen molar-refractivity contribution in [2.45, 2.75) is 38.9 Å². The topological polar surface area (TPSA) is 82.5 Å². The minimum atomic E-state index is -4.58. The summed E-state index contributed by atoms with van der Waals surface area (Å²) in [5, 5.41) is 2.50. The summed E-state index contributed by atoms with van der Waals surface area (Å²) in [7, 11) is 1.04. The van der Waals surface area contributed by atoms with Gasteiger partial charge in [-0.2, -0.15) is 13.2 Å². The van der Waals surface area contributed by atoms with Crippen molar-refractivity contribution in [2.75, 3.05) is 11.4 Å². The maximum absolute atomic E-state index is 14.3. The first-order chi connectivity index (χ1) is 15.3. The molecule has 0 bridgehead atoms. The zero-order valence-corrected chi connectivity index (χ0v) is 18.7. The summed E-state index contributed by atoms with van der Waals surface area (Å²) in [6.45, 7) is 3.25. The molecule has 2 aromatic rings. The number of aromatic nitrogens is 1. The smallest absolute Gasteiger partial charge is 0.346 e. The van der Waals surface area contributed by atoms with E-state index in [1.54, 1.807) is 6.92 Å². The van der Waals surface area contributed by atoms with Crippen molar-refractivity contribution in [3.05, 3.63) is 64.5 Å². The largest absolute Gasteiger partial charge is 0.433 e. The summed E-state index contributed by atoms with van der Waals surface area (Å²) in [4.78, 5) is 15.9. The first-order valence-corrected chi connectivity index (χ1v) is 10.8. The highest BCUT2D eigenvalue weighted by atomic mass is 32.2. The van der Waals surface area contributed by atoms with Gasteiger partial charge in [0.15, 0.2) is 11.6 Å². The van der Waals surface area contributed by atoms with Crippen molar-refractivity contribution in [1.29, 1.82) is 0 Å². The monoisotopic (exact) mass is 491 g/mol. The summed E-state index contributed by atoms with van der Waals surface area (Å²) in [5.41, 5.74) is -1.13. The Balaban J connectivity index is 2.18. The molecule has 0 aliphatic rings. The van der Waals surface area contributed by atoms with Crippen molar-refractivity contribution in [3.63, 3.8) is 0 Å². The van der Waals surface area contributed by atoms with Gasteiger partial charge >= 0.3 is 6.18 Å². The second kappa shape index (κ2) is 10.8. The van der Waals surface area contributed by atoms with E-state index in [4.69, 9.17) is 4.55 Å². The zero-order valence-electron chi connectivity index (χ0n) is 17.9. The van der Waals surface area contributed by atoms with Crippen molar-refractivity contribution < 1.29 is 35.5 Å². The number of hydrogen-bond donors (Lipinski definition) is 2. The number of nitrogens with zero attached hydrogens (tertiary/aromatic N) is 2. The Morgan fingerprint density at radius 2 is 1.88 bits per heavy atom. The molecule has 0 saturated heterocycles. The van der Waals surface area contributed by atoms with Crippen LogP contribution in [0.15, 0.2) is 30.3 Å². The van der Waals surface area contributed by atoms with Crippen LogP contribution < -0.4 is 9.62 Å². The Bertz CT molecular complexity index is 1050. The van der Waals surface area contributed by atoms with Crippen LogP contribution in [0.4, 0.5) is 27.6 Å². The second-order valence-corrected chi connectivity index (χ2v) is 8.11. The number of aryl methyl sites for hydroxylation is 1. The molecule has 2 atom stereocenters. The third-order valence-electron chi connectivity index (χ3n) is 4.65. The van der Waals surface area contributed by atoms with Gasteiger partial charge in [0.1, 0.15) is 11.4 Å². The fraction of sp³-hybridized carbons (Fsp3) is 0.333. The number of halogens is 5. The molecule has 180 valence electrons. The highest BCUT2D eigenvalue weighted by Gasteiger charge is 2.32. The maximum Gasteiger partial charge on any atom is 0.433 e. The van der Waals surface area contributed by atoms with Crippen LogP contribution in [0.2, 0.25) is 0 Å². The number of nitrogens with one attached hydrogen (secondary N) is 1. The molecule has 2 unspecified atom stereocenters. The van der Waals surface area contributed by atoms with Gasteiger partial charge in [0, 0.05) is 18.8 Å². The molecule has 0 aliphatic heterocycles. The molecule has 1 aromatic carbocycles. The van der Waals surface area contributed by atoms with Gasteiger partial charge in [-0.05, 0) is 48.7 Å². The summed E-state index contributed by atoms with van der Waals surface area (Å²) in [5.74, 6) is -2.83. The van der Waals surface area contributed by atoms with Crippen molar-refractivity contribution in [3.8, 4) is 0 Å². The molecule has 0 aliphatic carbocycles. The third kappa shape index (κ3) is 6.81. The fourth-order valence-electron chi connectivity index (χ4n) is 2.98. The Hall–Kier alpha value is -2.86. The molecule has 2 rings (SSSR count). The Morgan fingerprint density at radius 1 is 1.27 bits per heavy atom. The molecule has 0 spiro atoms. The van der Waals surface area contributed by atoms with Crippen LogP contribution in [0.5, 0.6) is 0 Å². The molecular weight excluding hydrogens is 469 g/mol. The molecular formula is C21H22F5N3O3S. The normalized spacial score (nSPS) is 13.7. The van der Waals surface area contributed by atoms with Gasteiger partial charge in [0.25, 0.3) is 11.3 Å². The standard InChI is InChI=1S/C21H22F5N3O3S/c1-4-5-17-13(6-8-18(28-17)21(24,25)26)7-9-19(30)27-12(2)14-10-15(22)20(16(23)11-14)29(3)33(31)32/h6-12H,4-5H2,1-3H3,(H,27,30)(H,31,32). The minimum absolute atomic E-state index is 0.0653. The van der Waals surface area contributed by atoms with Crippen LogP contribution in [-0.2, 0) is 28.7 Å². The lowest BCUT2D eigenvalue weighted by Gasteiger charge is -2.19. The highest BCUT2D eigenvalue weighted by Crippen LogP contribution is 2.29. The van der Waals surface area contributed by atoms with E-state index in [9.17, 15) is 31.0 Å². The van der Waals surface area contributed by atoms with E-state index < -0.39 is 52.4 Å². The quantitative estimate of drug-likeness (QED) is 0.316. The van der Waals surface area contributed by atoms with Crippen LogP contribution in [0.3, 0.4) is 0 Å². The fourth-order valence-corrected chi connectivity index (χ4v) is 3.31. The first kappa shape index (κ1) is 26.4. The molecule has 0 saturated carbocycles. The lowest BCUT2D eigenvalue weighted by Crippen LogP contribution is -2.26. The highest BCUT2D eigenvalue weighted by molar-refractivity contribution is 7.80. The van der Waals surface area contributed by atoms with Crippen LogP contribution in [0.25, 0.3) is 6.08 Å². The molecule has 1 aromatic heterocycles. The predicted octanol–water partition coefficient (Wildman–Crippen LogP) is 4.79. The lowest BCUT2D eigenvalue weighted by molar-refractivity contribution is -0.141. The Labute approximate surface area is 189 Å². The van der Waals surface area contributed by atoms with Crippen molar-refractivity contribution in [1.82, 2.24) is 10.3 Å². The minimum Gasteiger partial charge on any atom is -0.346 e. The van der Waals surface area contributed by atoms with Gasteiger partial charge in [0.2, 0.25) is 5.91 Å². The number of benzene rings is 1. The van der Waals surface area contributed by atoms with E-state index in [1.165, 1.54) is 19.1 Å². The molecule has 0 fully saturated rings. The number of alkyl halides is 3. The average molecular weight is 491 g/mol. The van der Waals surface area contributed by atoms with E-state index in [0.717, 1.165) is 31.3 Å². The summed E-state index contributed by atoms with van der Waals surface area (Å²) >= 11 is -2.63. The number of carbonyl (C=O) groups is 1. The van der Waals surface area contributed by atoms with Crippen LogP contribution >= 0.6 is 0 Å². The molecule has 2 N–H and O–H groups in total. The Morgan fingerprint density at radius 3 is 2.39 bits per heavy atom. The summed E-state index contributed by atoms with van der Waals surface area (Å²) in [6, 6.07) is 3.05. The van der Waals surface area contributed by atoms with Gasteiger partial charge in [-0.15, -0.1) is 0 Å². The molecule has 1 amide bonds. The summed E-state index contributed by atoms with van der Waals surface area (Å²) < 4.78 is 87.8. The number of carbonyl (C=O) groups excluding carboxylic acids is 1. The van der Waals surface area contributed by atoms with Crippen molar-refractivity contribution in [2.24, 2.45) is 0 Å². The second-order valence-electron chi connectivity index (χ2n) is 7.11. The van der Waals surface area contributed by atoms with E-state index in [1.807, 2.05) is 0 Å². The van der Waals surface area contributed by atoms with E-state index in [2.05, 4.69) is 10.3 Å². The van der Waals surface area contributed by atoms with E-state index in [-0.39, 0.29) is 17.7 Å². The molecule has 0 radical (unpaired) electrons. The van der Waals surface area contributed by atoms with Crippen LogP contribution in [-0.4, -0.2) is 26.7 Å². The van der Waals surface area contributed by atoms with Crippen LogP contribution in [0.1, 0.15) is 48.8 Å². The number of anilines is 1. The average Bonchev–Trinajstić information content (AvgIpc) is 2.71. The predicted molar refractivity (Wildman–Crippen MR) is 114 cm³/mol. The molecule has 33 heavy (non-hydrogen) atoms. The summed E-state index contributed by atoms with van der Waals surface area (Å²) in [6.07, 6.45) is -1.36.